The van der Waals surface area contributed by atoms with Crippen LogP contribution in [0.4, 0.5) is 0 Å². The van der Waals surface area contributed by atoms with Crippen molar-refractivity contribution in [2.24, 2.45) is 11.8 Å². The molecule has 24 heavy (non-hydrogen) atoms. The normalized spacial score (nSPS) is 17.2. The van der Waals surface area contributed by atoms with Crippen molar-refractivity contribution >= 4 is 0 Å². The van der Waals surface area contributed by atoms with Gasteiger partial charge in [0.15, 0.2) is 0 Å². The van der Waals surface area contributed by atoms with Gasteiger partial charge in [-0.2, -0.15) is 0 Å². The molecule has 1 saturated carbocycles. The van der Waals surface area contributed by atoms with Crippen LogP contribution in [0.2, 0.25) is 0 Å². The SMILES string of the molecule is CCCCCCCCCCC(CC1CCCCC1)Cn1ccnc1. The van der Waals surface area contributed by atoms with Crippen molar-refractivity contribution in [1.29, 1.82) is 0 Å². The van der Waals surface area contributed by atoms with E-state index in [0.717, 1.165) is 11.8 Å². The van der Waals surface area contributed by atoms with Crippen LogP contribution in [0.3, 0.4) is 0 Å². The van der Waals surface area contributed by atoms with E-state index in [1.165, 1.54) is 103 Å². The Balaban J connectivity index is 1.63. The molecule has 0 spiro atoms. The fraction of sp³-hybridized carbons (Fsp3) is 0.864. The standard InChI is InChI=1S/C22H40N2/c1-2-3-4-5-6-7-8-10-15-22(19-24-17-16-23-20-24)18-21-13-11-9-12-14-21/h16-17,20-22H,2-15,18-19H2,1H3. The molecule has 1 fully saturated rings. The summed E-state index contributed by atoms with van der Waals surface area (Å²) in [7, 11) is 0. The predicted octanol–water partition coefficient (Wildman–Crippen LogP) is 7.00. The van der Waals surface area contributed by atoms with Crippen LogP contribution >= 0.6 is 0 Å². The summed E-state index contributed by atoms with van der Waals surface area (Å²) in [5.41, 5.74) is 0. The van der Waals surface area contributed by atoms with Crippen molar-refractivity contribution in [1.82, 2.24) is 9.55 Å². The Bertz CT molecular complexity index is 379. The number of unbranched alkanes of at least 4 members (excludes halogenated alkanes) is 7. The van der Waals surface area contributed by atoms with Gasteiger partial charge in [0.25, 0.3) is 0 Å². The number of nitrogens with zero attached hydrogens (tertiary/aromatic N) is 2. The third kappa shape index (κ3) is 8.35. The van der Waals surface area contributed by atoms with E-state index in [4.69, 9.17) is 0 Å². The van der Waals surface area contributed by atoms with Crippen molar-refractivity contribution in [2.45, 2.75) is 110 Å². The van der Waals surface area contributed by atoms with Crippen LogP contribution in [0.25, 0.3) is 0 Å². The van der Waals surface area contributed by atoms with Crippen LogP contribution in [0.15, 0.2) is 18.7 Å². The van der Waals surface area contributed by atoms with Crippen LogP contribution in [0, 0.1) is 11.8 Å². The van der Waals surface area contributed by atoms with Crippen molar-refractivity contribution in [3.05, 3.63) is 18.7 Å². The van der Waals surface area contributed by atoms with Crippen LogP contribution < -0.4 is 0 Å². The molecule has 2 nitrogen and oxygen atoms in total. The van der Waals surface area contributed by atoms with Crippen LogP contribution in [0.1, 0.15) is 103 Å². The van der Waals surface area contributed by atoms with Crippen LogP contribution in [-0.4, -0.2) is 9.55 Å². The van der Waals surface area contributed by atoms with E-state index < -0.39 is 0 Å². The van der Waals surface area contributed by atoms with Crippen molar-refractivity contribution in [3.8, 4) is 0 Å². The minimum absolute atomic E-state index is 0.863. The average Bonchev–Trinajstić information content (AvgIpc) is 3.11. The third-order valence-electron chi connectivity index (χ3n) is 5.89. The Labute approximate surface area is 150 Å². The Morgan fingerprint density at radius 3 is 2.33 bits per heavy atom. The van der Waals surface area contributed by atoms with Gasteiger partial charge < -0.3 is 4.57 Å². The lowest BCUT2D eigenvalue weighted by molar-refractivity contribution is 0.256. The maximum Gasteiger partial charge on any atom is 0.0945 e. The number of hydrogen-bond donors (Lipinski definition) is 0. The van der Waals surface area contributed by atoms with Gasteiger partial charge in [0, 0.05) is 18.9 Å². The molecule has 1 aliphatic rings. The quantitative estimate of drug-likeness (QED) is 0.355. The predicted molar refractivity (Wildman–Crippen MR) is 104 cm³/mol. The van der Waals surface area contributed by atoms with E-state index in [-0.39, 0.29) is 0 Å². The summed E-state index contributed by atoms with van der Waals surface area (Å²) in [5.74, 6) is 1.86. The Morgan fingerprint density at radius 2 is 1.67 bits per heavy atom. The summed E-state index contributed by atoms with van der Waals surface area (Å²) in [5, 5.41) is 0. The fourth-order valence-electron chi connectivity index (χ4n) is 4.44. The zero-order valence-corrected chi connectivity index (χ0v) is 16.1. The van der Waals surface area contributed by atoms with E-state index in [9.17, 15) is 0 Å². The third-order valence-corrected chi connectivity index (χ3v) is 5.89. The Kier molecular flexibility index (Phi) is 10.2. The molecule has 1 aliphatic carbocycles. The smallest absolute Gasteiger partial charge is 0.0945 e. The van der Waals surface area contributed by atoms with Gasteiger partial charge in [-0.25, -0.2) is 4.98 Å². The molecular weight excluding hydrogens is 292 g/mol. The van der Waals surface area contributed by atoms with Crippen LogP contribution in [-0.2, 0) is 6.54 Å². The second-order valence-corrected chi connectivity index (χ2v) is 8.13. The van der Waals surface area contributed by atoms with Gasteiger partial charge in [0.1, 0.15) is 0 Å². The second-order valence-electron chi connectivity index (χ2n) is 8.13. The number of aromatic nitrogens is 2. The molecule has 0 aromatic carbocycles. The summed E-state index contributed by atoms with van der Waals surface area (Å²) >= 11 is 0. The Hall–Kier alpha value is -0.790. The molecule has 0 amide bonds. The summed E-state index contributed by atoms with van der Waals surface area (Å²) in [6, 6.07) is 0. The average molecular weight is 333 g/mol. The van der Waals surface area contributed by atoms with Crippen molar-refractivity contribution < 1.29 is 0 Å². The summed E-state index contributed by atoms with van der Waals surface area (Å²) in [6.07, 6.45) is 27.8. The van der Waals surface area contributed by atoms with Gasteiger partial charge in [-0.05, 0) is 24.7 Å². The molecule has 0 aliphatic heterocycles. The van der Waals surface area contributed by atoms with Crippen molar-refractivity contribution in [3.63, 3.8) is 0 Å². The first-order valence-corrected chi connectivity index (χ1v) is 10.8. The first kappa shape index (κ1) is 19.5. The highest BCUT2D eigenvalue weighted by atomic mass is 15.0. The molecular formula is C22H40N2. The van der Waals surface area contributed by atoms with E-state index in [1.807, 2.05) is 12.5 Å². The van der Waals surface area contributed by atoms with E-state index >= 15 is 0 Å². The van der Waals surface area contributed by atoms with E-state index in [0.29, 0.717) is 0 Å². The monoisotopic (exact) mass is 332 g/mol. The molecule has 1 unspecified atom stereocenters. The topological polar surface area (TPSA) is 17.8 Å². The maximum atomic E-state index is 4.23. The zero-order chi connectivity index (χ0) is 16.9. The van der Waals surface area contributed by atoms with Crippen LogP contribution in [0.5, 0.6) is 0 Å². The van der Waals surface area contributed by atoms with Gasteiger partial charge in [0.05, 0.1) is 6.33 Å². The van der Waals surface area contributed by atoms with E-state index in [2.05, 4.69) is 22.7 Å². The zero-order valence-electron chi connectivity index (χ0n) is 16.1. The minimum atomic E-state index is 0.863. The molecule has 1 aromatic rings. The second kappa shape index (κ2) is 12.6. The maximum absolute atomic E-state index is 4.23. The fourth-order valence-corrected chi connectivity index (χ4v) is 4.44. The van der Waals surface area contributed by atoms with E-state index in [1.54, 1.807) is 0 Å². The highest BCUT2D eigenvalue weighted by molar-refractivity contribution is 4.77. The number of hydrogen-bond acceptors (Lipinski definition) is 1. The lowest BCUT2D eigenvalue weighted by atomic mass is 9.81. The van der Waals surface area contributed by atoms with Crippen molar-refractivity contribution in [2.75, 3.05) is 0 Å². The lowest BCUT2D eigenvalue weighted by Crippen LogP contribution is -2.16. The summed E-state index contributed by atoms with van der Waals surface area (Å²) in [6.45, 7) is 3.49. The highest BCUT2D eigenvalue weighted by Gasteiger charge is 2.19. The molecule has 0 saturated heterocycles. The number of rotatable bonds is 13. The molecule has 1 aromatic heterocycles. The minimum Gasteiger partial charge on any atom is -0.337 e. The largest absolute Gasteiger partial charge is 0.337 e. The number of imidazole rings is 1. The van der Waals surface area contributed by atoms with Gasteiger partial charge in [-0.1, -0.05) is 90.4 Å². The molecule has 138 valence electrons. The van der Waals surface area contributed by atoms with Gasteiger partial charge in [-0.15, -0.1) is 0 Å². The van der Waals surface area contributed by atoms with Gasteiger partial charge in [-0.3, -0.25) is 0 Å². The molecule has 1 heterocycles. The molecule has 0 bridgehead atoms. The first-order valence-electron chi connectivity index (χ1n) is 10.8. The highest BCUT2D eigenvalue weighted by Crippen LogP contribution is 2.31. The molecule has 2 rings (SSSR count). The molecule has 1 atom stereocenters. The van der Waals surface area contributed by atoms with Gasteiger partial charge >= 0.3 is 0 Å². The van der Waals surface area contributed by atoms with Gasteiger partial charge in [0.2, 0.25) is 0 Å². The molecule has 2 heteroatoms. The summed E-state index contributed by atoms with van der Waals surface area (Å²) < 4.78 is 2.30. The lowest BCUT2D eigenvalue weighted by Gasteiger charge is -2.27. The molecule has 0 radical (unpaired) electrons. The Morgan fingerprint density at radius 1 is 0.958 bits per heavy atom. The molecule has 0 N–H and O–H groups in total. The summed E-state index contributed by atoms with van der Waals surface area (Å²) in [4.78, 5) is 4.23. The first-order chi connectivity index (χ1) is 11.9.